The van der Waals surface area contributed by atoms with Gasteiger partial charge in [0.25, 0.3) is 0 Å². The molecule has 4 heteroatoms. The Morgan fingerprint density at radius 1 is 0.852 bits per heavy atom. The van der Waals surface area contributed by atoms with Crippen LogP contribution in [-0.4, -0.2) is 16.9 Å². The van der Waals surface area contributed by atoms with E-state index >= 15 is 0 Å². The van der Waals surface area contributed by atoms with E-state index in [4.69, 9.17) is 4.74 Å². The molecule has 0 saturated heterocycles. The van der Waals surface area contributed by atoms with Crippen LogP contribution in [0.3, 0.4) is 0 Å². The van der Waals surface area contributed by atoms with Gasteiger partial charge >= 0.3 is 5.97 Å². The largest absolute Gasteiger partial charge is 0.432 e. The maximum Gasteiger partial charge on any atom is 0.343 e. The van der Waals surface area contributed by atoms with Gasteiger partial charge in [0.05, 0.1) is 11.8 Å². The minimum Gasteiger partial charge on any atom is -0.432 e. The topological polar surface area (TPSA) is 63.6 Å². The van der Waals surface area contributed by atoms with Crippen LogP contribution < -0.4 is 0 Å². The lowest BCUT2D eigenvalue weighted by molar-refractivity contribution is 0.0649. The maximum atomic E-state index is 12.8. The van der Waals surface area contributed by atoms with Crippen molar-refractivity contribution in [2.24, 2.45) is 0 Å². The summed E-state index contributed by atoms with van der Waals surface area (Å²) in [4.78, 5) is 25.2. The summed E-state index contributed by atoms with van der Waals surface area (Å²) in [7, 11) is 0. The highest BCUT2D eigenvalue weighted by Crippen LogP contribution is 2.26. The third-order valence-corrected chi connectivity index (χ3v) is 4.17. The van der Waals surface area contributed by atoms with Crippen molar-refractivity contribution >= 4 is 11.8 Å². The average molecular weight is 358 g/mol. The highest BCUT2D eigenvalue weighted by molar-refractivity contribution is 6.09. The molecule has 0 radical (unpaired) electrons. The van der Waals surface area contributed by atoms with Gasteiger partial charge < -0.3 is 9.84 Å². The number of rotatable bonds is 6. The summed E-state index contributed by atoms with van der Waals surface area (Å²) in [6.45, 7) is 3.39. The summed E-state index contributed by atoms with van der Waals surface area (Å²) in [5.41, 5.74) is 2.29. The predicted octanol–water partition coefficient (Wildman–Crippen LogP) is 4.57. The minimum absolute atomic E-state index is 0.0798. The molecular formula is C23H18O4. The molecule has 0 saturated carbocycles. The standard InChI is InChI=1S/C23H18O4/c1-2-27-23(26)20-15-18(16-9-5-3-6-10-16)13-14-19(20)22(25)21(24)17-11-7-4-8-12-17/h2-15,21,24H,1H2. The molecule has 0 aliphatic rings. The molecule has 0 aliphatic carbocycles. The van der Waals surface area contributed by atoms with Crippen LogP contribution in [0.2, 0.25) is 0 Å². The van der Waals surface area contributed by atoms with Crippen LogP contribution in [0.15, 0.2) is 91.7 Å². The number of esters is 1. The molecule has 0 heterocycles. The second-order valence-corrected chi connectivity index (χ2v) is 5.88. The highest BCUT2D eigenvalue weighted by Gasteiger charge is 2.25. The second-order valence-electron chi connectivity index (χ2n) is 5.88. The number of hydrogen-bond acceptors (Lipinski definition) is 4. The third kappa shape index (κ3) is 4.02. The van der Waals surface area contributed by atoms with Gasteiger partial charge in [0.1, 0.15) is 6.10 Å². The maximum absolute atomic E-state index is 12.8. The van der Waals surface area contributed by atoms with Gasteiger partial charge in [0, 0.05) is 5.56 Å². The van der Waals surface area contributed by atoms with E-state index in [0.717, 1.165) is 17.4 Å². The fraction of sp³-hybridized carbons (Fsp3) is 0.0435. The Kier molecular flexibility index (Phi) is 5.59. The number of Topliss-reactive ketones (excluding diaryl/α,β-unsaturated/α-hetero) is 1. The Morgan fingerprint density at radius 2 is 1.48 bits per heavy atom. The molecule has 0 amide bonds. The van der Waals surface area contributed by atoms with Crippen molar-refractivity contribution in [2.45, 2.75) is 6.10 Å². The first-order valence-electron chi connectivity index (χ1n) is 8.40. The van der Waals surface area contributed by atoms with Crippen molar-refractivity contribution in [3.63, 3.8) is 0 Å². The summed E-state index contributed by atoms with van der Waals surface area (Å²) in [5.74, 6) is -1.27. The van der Waals surface area contributed by atoms with E-state index in [1.807, 2.05) is 30.3 Å². The number of benzene rings is 3. The molecule has 134 valence electrons. The first-order valence-corrected chi connectivity index (χ1v) is 8.40. The van der Waals surface area contributed by atoms with Crippen LogP contribution in [0.25, 0.3) is 11.1 Å². The summed E-state index contributed by atoms with van der Waals surface area (Å²) in [5, 5.41) is 10.4. The highest BCUT2D eigenvalue weighted by atomic mass is 16.5. The van der Waals surface area contributed by atoms with Crippen LogP contribution in [-0.2, 0) is 4.74 Å². The number of aliphatic hydroxyl groups is 1. The molecule has 4 nitrogen and oxygen atoms in total. The molecule has 3 aromatic carbocycles. The van der Waals surface area contributed by atoms with Crippen molar-refractivity contribution in [3.8, 4) is 11.1 Å². The van der Waals surface area contributed by atoms with Crippen molar-refractivity contribution in [1.29, 1.82) is 0 Å². The van der Waals surface area contributed by atoms with Crippen LogP contribution in [0.4, 0.5) is 0 Å². The SMILES string of the molecule is C=COC(=O)c1cc(-c2ccccc2)ccc1C(=O)C(O)c1ccccc1. The van der Waals surface area contributed by atoms with Crippen molar-refractivity contribution in [3.05, 3.63) is 108 Å². The first-order chi connectivity index (χ1) is 13.1. The van der Waals surface area contributed by atoms with Gasteiger partial charge in [-0.3, -0.25) is 4.79 Å². The van der Waals surface area contributed by atoms with Crippen LogP contribution >= 0.6 is 0 Å². The zero-order chi connectivity index (χ0) is 19.2. The van der Waals surface area contributed by atoms with Crippen molar-refractivity contribution in [2.75, 3.05) is 0 Å². The molecule has 0 aromatic heterocycles. The first kappa shape index (κ1) is 18.3. The molecular weight excluding hydrogens is 340 g/mol. The Bertz CT molecular complexity index is 962. The van der Waals surface area contributed by atoms with E-state index in [1.54, 1.807) is 42.5 Å². The Morgan fingerprint density at radius 3 is 2.11 bits per heavy atom. The summed E-state index contributed by atoms with van der Waals surface area (Å²) < 4.78 is 4.89. The lowest BCUT2D eigenvalue weighted by Crippen LogP contribution is -2.17. The Labute approximate surface area is 157 Å². The molecule has 0 spiro atoms. The molecule has 1 atom stereocenters. The molecule has 27 heavy (non-hydrogen) atoms. The van der Waals surface area contributed by atoms with Gasteiger partial charge in [-0.2, -0.15) is 0 Å². The van der Waals surface area contributed by atoms with Crippen molar-refractivity contribution in [1.82, 2.24) is 0 Å². The summed E-state index contributed by atoms with van der Waals surface area (Å²) in [6.07, 6.45) is -0.358. The zero-order valence-corrected chi connectivity index (χ0v) is 14.5. The number of carbonyl (C=O) groups excluding carboxylic acids is 2. The molecule has 1 N–H and O–H groups in total. The van der Waals surface area contributed by atoms with Crippen molar-refractivity contribution < 1.29 is 19.4 Å². The molecule has 3 aromatic rings. The number of ketones is 1. The molecule has 1 unspecified atom stereocenters. The average Bonchev–Trinajstić information content (AvgIpc) is 2.73. The minimum atomic E-state index is -1.37. The number of ether oxygens (including phenoxy) is 1. The normalized spacial score (nSPS) is 11.4. The Hall–Kier alpha value is -3.50. The van der Waals surface area contributed by atoms with E-state index in [0.29, 0.717) is 5.56 Å². The lowest BCUT2D eigenvalue weighted by atomic mass is 9.93. The van der Waals surface area contributed by atoms with Gasteiger partial charge in [-0.15, -0.1) is 0 Å². The van der Waals surface area contributed by atoms with Crippen LogP contribution in [0.1, 0.15) is 32.4 Å². The van der Waals surface area contributed by atoms with Gasteiger partial charge in [-0.05, 0) is 28.8 Å². The lowest BCUT2D eigenvalue weighted by Gasteiger charge is -2.14. The summed E-state index contributed by atoms with van der Waals surface area (Å²) in [6, 6.07) is 22.9. The zero-order valence-electron chi connectivity index (χ0n) is 14.5. The van der Waals surface area contributed by atoms with Crippen LogP contribution in [0.5, 0.6) is 0 Å². The number of hydrogen-bond donors (Lipinski definition) is 1. The van der Waals surface area contributed by atoms with Gasteiger partial charge in [0.15, 0.2) is 5.78 Å². The quantitative estimate of drug-likeness (QED) is 0.398. The van der Waals surface area contributed by atoms with E-state index < -0.39 is 17.9 Å². The molecule has 0 bridgehead atoms. The van der Waals surface area contributed by atoms with E-state index in [-0.39, 0.29) is 11.1 Å². The number of carbonyl (C=O) groups is 2. The molecule has 0 aliphatic heterocycles. The monoisotopic (exact) mass is 358 g/mol. The summed E-state index contributed by atoms with van der Waals surface area (Å²) >= 11 is 0. The molecule has 0 fully saturated rings. The Balaban J connectivity index is 2.04. The number of aliphatic hydroxyl groups excluding tert-OH is 1. The predicted molar refractivity (Wildman–Crippen MR) is 103 cm³/mol. The third-order valence-electron chi connectivity index (χ3n) is 4.17. The fourth-order valence-electron chi connectivity index (χ4n) is 2.81. The van der Waals surface area contributed by atoms with Gasteiger partial charge in [-0.1, -0.05) is 73.3 Å². The van der Waals surface area contributed by atoms with Crippen LogP contribution in [0, 0.1) is 0 Å². The fourth-order valence-corrected chi connectivity index (χ4v) is 2.81. The van der Waals surface area contributed by atoms with Gasteiger partial charge in [0.2, 0.25) is 0 Å². The smallest absolute Gasteiger partial charge is 0.343 e. The van der Waals surface area contributed by atoms with Gasteiger partial charge in [-0.25, -0.2) is 4.79 Å². The second kappa shape index (κ2) is 8.25. The van der Waals surface area contributed by atoms with E-state index in [2.05, 4.69) is 6.58 Å². The van der Waals surface area contributed by atoms with E-state index in [9.17, 15) is 14.7 Å². The molecule has 3 rings (SSSR count). The van der Waals surface area contributed by atoms with E-state index in [1.165, 1.54) is 6.07 Å².